The maximum absolute atomic E-state index is 12.9. The van der Waals surface area contributed by atoms with Gasteiger partial charge in [-0.15, -0.1) is 0 Å². The van der Waals surface area contributed by atoms with E-state index in [0.29, 0.717) is 0 Å². The molecule has 1 aromatic rings. The number of carbonyl (C=O) groups is 2. The highest BCUT2D eigenvalue weighted by atomic mass is 32.1. The number of aryl methyl sites for hydroxylation is 1. The first-order valence-corrected chi connectivity index (χ1v) is 7.88. The molecule has 8 nitrogen and oxygen atoms in total. The number of hydrogen-bond acceptors (Lipinski definition) is 5. The van der Waals surface area contributed by atoms with Crippen molar-refractivity contribution in [3.05, 3.63) is 11.9 Å². The first-order valence-electron chi connectivity index (χ1n) is 7.47. The molecule has 2 rings (SSSR count). The monoisotopic (exact) mass is 375 g/mol. The Balaban J connectivity index is 2.07. The van der Waals surface area contributed by atoms with Crippen molar-refractivity contribution in [2.75, 3.05) is 25.5 Å². The highest BCUT2D eigenvalue weighted by Crippen LogP contribution is 2.34. The largest absolute Gasteiger partial charge is 0.468 e. The van der Waals surface area contributed by atoms with Gasteiger partial charge in [0.25, 0.3) is 6.43 Å². The molecule has 2 amide bonds. The fraction of sp³-hybridized carbons (Fsp3) is 0.571. The molecular weight excluding hydrogens is 356 g/mol. The van der Waals surface area contributed by atoms with E-state index < -0.39 is 29.5 Å². The van der Waals surface area contributed by atoms with Crippen LogP contribution < -0.4 is 11.1 Å². The van der Waals surface area contributed by atoms with Crippen LogP contribution in [0.1, 0.15) is 25.0 Å². The highest BCUT2D eigenvalue weighted by Gasteiger charge is 2.46. The van der Waals surface area contributed by atoms with Crippen LogP contribution in [0.4, 0.5) is 19.3 Å². The van der Waals surface area contributed by atoms with Crippen molar-refractivity contribution in [1.82, 2.24) is 14.7 Å². The smallest absolute Gasteiger partial charge is 0.321 e. The van der Waals surface area contributed by atoms with Gasteiger partial charge in [0, 0.05) is 26.3 Å². The van der Waals surface area contributed by atoms with E-state index in [-0.39, 0.29) is 36.6 Å². The number of anilines is 1. The second-order valence-corrected chi connectivity index (χ2v) is 6.20. The number of methoxy groups -OCH3 is 1. The summed E-state index contributed by atoms with van der Waals surface area (Å²) in [7, 11) is 2.73. The van der Waals surface area contributed by atoms with E-state index in [1.165, 1.54) is 29.9 Å². The summed E-state index contributed by atoms with van der Waals surface area (Å²) in [6.07, 6.45) is -1.09. The summed E-state index contributed by atoms with van der Waals surface area (Å²) < 4.78 is 31.8. The molecule has 0 saturated carbocycles. The summed E-state index contributed by atoms with van der Waals surface area (Å²) >= 11 is 4.99. The number of nitrogens with zero attached hydrogens (tertiary/aromatic N) is 3. The number of carbonyl (C=O) groups excluding carboxylic acids is 2. The topological polar surface area (TPSA) is 102 Å². The van der Waals surface area contributed by atoms with Crippen LogP contribution >= 0.6 is 12.2 Å². The lowest BCUT2D eigenvalue weighted by Gasteiger charge is -2.38. The number of halogens is 2. The van der Waals surface area contributed by atoms with Gasteiger partial charge < -0.3 is 20.7 Å². The second-order valence-electron chi connectivity index (χ2n) is 5.76. The number of nitrogens with one attached hydrogen (secondary N) is 1. The van der Waals surface area contributed by atoms with Gasteiger partial charge in [-0.25, -0.2) is 13.6 Å². The van der Waals surface area contributed by atoms with Gasteiger partial charge in [-0.3, -0.25) is 9.48 Å². The van der Waals surface area contributed by atoms with Crippen molar-refractivity contribution in [2.24, 2.45) is 18.2 Å². The zero-order valence-electron chi connectivity index (χ0n) is 13.8. The van der Waals surface area contributed by atoms with E-state index >= 15 is 0 Å². The van der Waals surface area contributed by atoms with E-state index in [1.54, 1.807) is 0 Å². The Morgan fingerprint density at radius 3 is 2.52 bits per heavy atom. The Hall–Kier alpha value is -2.30. The van der Waals surface area contributed by atoms with E-state index in [0.717, 1.165) is 0 Å². The van der Waals surface area contributed by atoms with Gasteiger partial charge in [-0.1, -0.05) is 12.2 Å². The average molecular weight is 375 g/mol. The number of amides is 2. The number of nitrogens with two attached hydrogens (primary N) is 1. The zero-order valence-corrected chi connectivity index (χ0v) is 14.6. The number of aromatic nitrogens is 2. The Morgan fingerprint density at radius 1 is 1.44 bits per heavy atom. The van der Waals surface area contributed by atoms with Gasteiger partial charge in [0.2, 0.25) is 0 Å². The number of hydrogen-bond donors (Lipinski definition) is 2. The van der Waals surface area contributed by atoms with E-state index in [1.807, 2.05) is 0 Å². The lowest BCUT2D eigenvalue weighted by atomic mass is 9.78. The third-order valence-corrected chi connectivity index (χ3v) is 4.65. The molecule has 0 aliphatic carbocycles. The Labute approximate surface area is 148 Å². The van der Waals surface area contributed by atoms with Crippen LogP contribution in [0.25, 0.3) is 0 Å². The fourth-order valence-corrected chi connectivity index (χ4v) is 3.08. The first-order chi connectivity index (χ1) is 11.7. The van der Waals surface area contributed by atoms with Crippen molar-refractivity contribution in [1.29, 1.82) is 0 Å². The Morgan fingerprint density at radius 2 is 2.04 bits per heavy atom. The van der Waals surface area contributed by atoms with Gasteiger partial charge >= 0.3 is 12.0 Å². The number of thiocarbonyl (C=S) groups is 1. The van der Waals surface area contributed by atoms with Crippen molar-refractivity contribution in [3.8, 4) is 0 Å². The van der Waals surface area contributed by atoms with Gasteiger partial charge in [-0.05, 0) is 12.8 Å². The number of alkyl halides is 2. The van der Waals surface area contributed by atoms with Crippen molar-refractivity contribution >= 4 is 34.9 Å². The number of ether oxygens (including phenoxy) is 1. The third kappa shape index (κ3) is 3.70. The van der Waals surface area contributed by atoms with Crippen LogP contribution in [-0.4, -0.2) is 51.9 Å². The summed E-state index contributed by atoms with van der Waals surface area (Å²) in [5.41, 5.74) is 4.03. The van der Waals surface area contributed by atoms with Crippen LogP contribution in [0.2, 0.25) is 0 Å². The predicted octanol–water partition coefficient (Wildman–Crippen LogP) is 1.43. The lowest BCUT2D eigenvalue weighted by molar-refractivity contribution is -0.150. The predicted molar refractivity (Wildman–Crippen MR) is 89.2 cm³/mol. The molecule has 0 unspecified atom stereocenters. The van der Waals surface area contributed by atoms with Crippen molar-refractivity contribution < 1.29 is 23.1 Å². The molecule has 0 bridgehead atoms. The molecule has 0 spiro atoms. The fourth-order valence-electron chi connectivity index (χ4n) is 2.80. The highest BCUT2D eigenvalue weighted by molar-refractivity contribution is 7.80. The normalized spacial score (nSPS) is 16.6. The standard InChI is InChI=1S/C14H19F2N5O3S/c1-20-7-8(9(19-20)10(15)16)18-13(23)21-5-3-14(4-6-21,11(17)25)12(22)24-2/h7,10H,3-6H2,1-2H3,(H2,17,25)(H,18,23). The average Bonchev–Trinajstić information content (AvgIpc) is 2.94. The minimum absolute atomic E-state index is 0.0201. The molecule has 11 heteroatoms. The molecule has 0 atom stereocenters. The molecule has 0 aromatic carbocycles. The molecule has 1 aliphatic heterocycles. The molecule has 25 heavy (non-hydrogen) atoms. The summed E-state index contributed by atoms with van der Waals surface area (Å²) in [5.74, 6) is -0.535. The summed E-state index contributed by atoms with van der Waals surface area (Å²) in [6, 6.07) is -0.559. The number of likely N-dealkylation sites (tertiary alicyclic amines) is 1. The van der Waals surface area contributed by atoms with Crippen LogP contribution in [0.15, 0.2) is 6.20 Å². The third-order valence-electron chi connectivity index (χ3n) is 4.26. The van der Waals surface area contributed by atoms with Gasteiger partial charge in [0.1, 0.15) is 5.41 Å². The lowest BCUT2D eigenvalue weighted by Crippen LogP contribution is -2.53. The van der Waals surface area contributed by atoms with Crippen LogP contribution in [0.5, 0.6) is 0 Å². The quantitative estimate of drug-likeness (QED) is 0.610. The molecule has 2 heterocycles. The van der Waals surface area contributed by atoms with E-state index in [2.05, 4.69) is 10.4 Å². The number of urea groups is 1. The molecule has 1 fully saturated rings. The van der Waals surface area contributed by atoms with Crippen LogP contribution in [-0.2, 0) is 16.6 Å². The van der Waals surface area contributed by atoms with E-state index in [4.69, 9.17) is 22.7 Å². The summed E-state index contributed by atoms with van der Waals surface area (Å²) in [6.45, 7) is 0.366. The SMILES string of the molecule is COC(=O)C1(C(N)=S)CCN(C(=O)Nc2cn(C)nc2C(F)F)CC1. The molecule has 1 aromatic heterocycles. The minimum Gasteiger partial charge on any atom is -0.468 e. The molecule has 138 valence electrons. The minimum atomic E-state index is -2.81. The molecule has 0 radical (unpaired) electrons. The van der Waals surface area contributed by atoms with Crippen molar-refractivity contribution in [3.63, 3.8) is 0 Å². The Kier molecular flexibility index (Phi) is 5.55. The van der Waals surface area contributed by atoms with Crippen LogP contribution in [0.3, 0.4) is 0 Å². The maximum atomic E-state index is 12.9. The molecule has 1 saturated heterocycles. The van der Waals surface area contributed by atoms with Crippen LogP contribution in [0, 0.1) is 5.41 Å². The second kappa shape index (κ2) is 7.30. The van der Waals surface area contributed by atoms with Crippen molar-refractivity contribution in [2.45, 2.75) is 19.3 Å². The van der Waals surface area contributed by atoms with Gasteiger partial charge in [0.15, 0.2) is 5.69 Å². The maximum Gasteiger partial charge on any atom is 0.321 e. The van der Waals surface area contributed by atoms with E-state index in [9.17, 15) is 18.4 Å². The van der Waals surface area contributed by atoms with Gasteiger partial charge in [0.05, 0.1) is 17.8 Å². The number of piperidine rings is 1. The zero-order chi connectivity index (χ0) is 18.8. The van der Waals surface area contributed by atoms with Gasteiger partial charge in [-0.2, -0.15) is 5.10 Å². The Bertz CT molecular complexity index is 686. The first kappa shape index (κ1) is 19.0. The molecular formula is C14H19F2N5O3S. The molecule has 3 N–H and O–H groups in total. The molecule has 1 aliphatic rings. The summed E-state index contributed by atoms with van der Waals surface area (Å²) in [5, 5.41) is 6.05. The summed E-state index contributed by atoms with van der Waals surface area (Å²) in [4.78, 5) is 25.8. The number of rotatable bonds is 4. The number of esters is 1.